The summed E-state index contributed by atoms with van der Waals surface area (Å²) in [6, 6.07) is 1.91. The van der Waals surface area contributed by atoms with Crippen LogP contribution in [0.25, 0.3) is 0 Å². The number of hydrogen-bond donors (Lipinski definition) is 1. The molecule has 0 aliphatic carbocycles. The van der Waals surface area contributed by atoms with Gasteiger partial charge in [0.25, 0.3) is 5.56 Å². The first-order valence-electron chi connectivity index (χ1n) is 6.98. The fourth-order valence-electron chi connectivity index (χ4n) is 2.57. The molecule has 2 rings (SSSR count). The average Bonchev–Trinajstić information content (AvgIpc) is 2.85. The van der Waals surface area contributed by atoms with Gasteiger partial charge in [-0.15, -0.1) is 0 Å². The zero-order valence-corrected chi connectivity index (χ0v) is 12.0. The van der Waals surface area contributed by atoms with Gasteiger partial charge in [-0.05, 0) is 33.6 Å². The molecule has 1 aromatic heterocycles. The van der Waals surface area contributed by atoms with Crippen LogP contribution in [0.1, 0.15) is 31.3 Å². The van der Waals surface area contributed by atoms with Gasteiger partial charge in [0.1, 0.15) is 5.82 Å². The smallest absolute Gasteiger partial charge is 0.253 e. The van der Waals surface area contributed by atoms with Gasteiger partial charge in [-0.25, -0.2) is 4.98 Å². The highest BCUT2D eigenvalue weighted by Crippen LogP contribution is 2.15. The van der Waals surface area contributed by atoms with E-state index in [-0.39, 0.29) is 5.56 Å². The number of nitrogens with one attached hydrogen (secondary N) is 1. The van der Waals surface area contributed by atoms with Gasteiger partial charge in [-0.3, -0.25) is 9.36 Å². The molecule has 1 aromatic rings. The van der Waals surface area contributed by atoms with Crippen molar-refractivity contribution in [3.05, 3.63) is 27.9 Å². The molecule has 19 heavy (non-hydrogen) atoms. The van der Waals surface area contributed by atoms with Crippen molar-refractivity contribution in [1.82, 2.24) is 14.9 Å². The van der Waals surface area contributed by atoms with E-state index < -0.39 is 0 Å². The molecule has 5 heteroatoms. The molecule has 0 saturated carbocycles. The minimum atomic E-state index is 0.0246. The monoisotopic (exact) mass is 265 g/mol. The molecule has 2 unspecified atom stereocenters. The van der Waals surface area contributed by atoms with Crippen molar-refractivity contribution in [3.8, 4) is 0 Å². The summed E-state index contributed by atoms with van der Waals surface area (Å²) >= 11 is 0. The second-order valence-corrected chi connectivity index (χ2v) is 5.23. The number of aryl methyl sites for hydroxylation is 2. The number of aromatic nitrogens is 2. The molecule has 2 heterocycles. The van der Waals surface area contributed by atoms with Crippen LogP contribution in [0.4, 0.5) is 0 Å². The number of rotatable bonds is 5. The fourth-order valence-corrected chi connectivity index (χ4v) is 2.57. The topological polar surface area (TPSA) is 56.2 Å². The van der Waals surface area contributed by atoms with Crippen LogP contribution >= 0.6 is 0 Å². The molecule has 1 fully saturated rings. The van der Waals surface area contributed by atoms with Crippen LogP contribution in [0, 0.1) is 13.8 Å². The largest absolute Gasteiger partial charge is 0.377 e. The molecular weight excluding hydrogens is 242 g/mol. The van der Waals surface area contributed by atoms with Crippen LogP contribution in [0.3, 0.4) is 0 Å². The third-order valence-corrected chi connectivity index (χ3v) is 3.65. The first kappa shape index (κ1) is 14.2. The van der Waals surface area contributed by atoms with Gasteiger partial charge in [0.05, 0.1) is 6.10 Å². The van der Waals surface area contributed by atoms with E-state index in [9.17, 15) is 4.79 Å². The van der Waals surface area contributed by atoms with Gasteiger partial charge >= 0.3 is 0 Å². The van der Waals surface area contributed by atoms with Crippen LogP contribution in [0.5, 0.6) is 0 Å². The standard InChI is InChI=1S/C14H23N3O2/c1-10-9-14(18)17(12(3)16-10)7-6-15-11(2)13-5-4-8-19-13/h9,11,13,15H,4-8H2,1-3H3. The molecule has 5 nitrogen and oxygen atoms in total. The molecule has 0 aromatic carbocycles. The predicted octanol–water partition coefficient (Wildman–Crippen LogP) is 1.02. The van der Waals surface area contributed by atoms with E-state index >= 15 is 0 Å². The Hall–Kier alpha value is -1.20. The third-order valence-electron chi connectivity index (χ3n) is 3.65. The Labute approximate surface area is 114 Å². The van der Waals surface area contributed by atoms with Gasteiger partial charge in [-0.2, -0.15) is 0 Å². The predicted molar refractivity (Wildman–Crippen MR) is 74.4 cm³/mol. The molecule has 1 aliphatic heterocycles. The molecule has 106 valence electrons. The summed E-state index contributed by atoms with van der Waals surface area (Å²) in [5.41, 5.74) is 0.802. The van der Waals surface area contributed by atoms with E-state index in [0.717, 1.165) is 37.5 Å². The Kier molecular flexibility index (Phi) is 4.71. The lowest BCUT2D eigenvalue weighted by Gasteiger charge is -2.20. The summed E-state index contributed by atoms with van der Waals surface area (Å²) in [6.45, 7) is 8.13. The van der Waals surface area contributed by atoms with Crippen molar-refractivity contribution in [2.75, 3.05) is 13.2 Å². The summed E-state index contributed by atoms with van der Waals surface area (Å²) in [6.07, 6.45) is 2.59. The Morgan fingerprint density at radius 2 is 2.37 bits per heavy atom. The molecule has 0 radical (unpaired) electrons. The minimum Gasteiger partial charge on any atom is -0.377 e. The molecule has 2 atom stereocenters. The zero-order chi connectivity index (χ0) is 13.8. The highest BCUT2D eigenvalue weighted by Gasteiger charge is 2.21. The van der Waals surface area contributed by atoms with Gasteiger partial charge in [0, 0.05) is 37.5 Å². The van der Waals surface area contributed by atoms with Crippen LogP contribution in [-0.4, -0.2) is 34.8 Å². The Morgan fingerprint density at radius 3 is 3.00 bits per heavy atom. The number of nitrogens with zero attached hydrogens (tertiary/aromatic N) is 2. The van der Waals surface area contributed by atoms with E-state index in [0.29, 0.717) is 18.7 Å². The lowest BCUT2D eigenvalue weighted by atomic mass is 10.1. The Bertz CT molecular complexity index is 478. The lowest BCUT2D eigenvalue weighted by molar-refractivity contribution is 0.0834. The van der Waals surface area contributed by atoms with Crippen molar-refractivity contribution in [2.24, 2.45) is 0 Å². The van der Waals surface area contributed by atoms with E-state index in [1.165, 1.54) is 0 Å². The summed E-state index contributed by atoms with van der Waals surface area (Å²) in [5, 5.41) is 3.43. The summed E-state index contributed by atoms with van der Waals surface area (Å²) in [5.74, 6) is 0.775. The maximum absolute atomic E-state index is 11.9. The quantitative estimate of drug-likeness (QED) is 0.863. The van der Waals surface area contributed by atoms with Crippen LogP contribution in [-0.2, 0) is 11.3 Å². The van der Waals surface area contributed by atoms with Crippen molar-refractivity contribution in [1.29, 1.82) is 0 Å². The Balaban J connectivity index is 1.87. The van der Waals surface area contributed by atoms with Crippen molar-refractivity contribution < 1.29 is 4.74 Å². The molecular formula is C14H23N3O2. The molecule has 1 N–H and O–H groups in total. The first-order valence-corrected chi connectivity index (χ1v) is 6.98. The summed E-state index contributed by atoms with van der Waals surface area (Å²) < 4.78 is 7.35. The number of ether oxygens (including phenoxy) is 1. The lowest BCUT2D eigenvalue weighted by Crippen LogP contribution is -2.39. The average molecular weight is 265 g/mol. The van der Waals surface area contributed by atoms with Gasteiger partial charge in [0.15, 0.2) is 0 Å². The SMILES string of the molecule is Cc1cc(=O)n(CCNC(C)C2CCCO2)c(C)n1. The minimum absolute atomic E-state index is 0.0246. The van der Waals surface area contributed by atoms with Crippen LogP contribution < -0.4 is 10.9 Å². The molecule has 1 aliphatic rings. The van der Waals surface area contributed by atoms with Gasteiger partial charge in [-0.1, -0.05) is 0 Å². The highest BCUT2D eigenvalue weighted by molar-refractivity contribution is 5.01. The zero-order valence-electron chi connectivity index (χ0n) is 12.0. The van der Waals surface area contributed by atoms with Crippen LogP contribution in [0.15, 0.2) is 10.9 Å². The van der Waals surface area contributed by atoms with E-state index in [1.807, 2.05) is 13.8 Å². The fraction of sp³-hybridized carbons (Fsp3) is 0.714. The molecule has 1 saturated heterocycles. The second-order valence-electron chi connectivity index (χ2n) is 5.23. The summed E-state index contributed by atoms with van der Waals surface area (Å²) in [4.78, 5) is 16.2. The van der Waals surface area contributed by atoms with Crippen molar-refractivity contribution in [3.63, 3.8) is 0 Å². The van der Waals surface area contributed by atoms with E-state index in [2.05, 4.69) is 17.2 Å². The molecule has 0 bridgehead atoms. The second kappa shape index (κ2) is 6.30. The summed E-state index contributed by atoms with van der Waals surface area (Å²) in [7, 11) is 0. The maximum Gasteiger partial charge on any atom is 0.253 e. The highest BCUT2D eigenvalue weighted by atomic mass is 16.5. The van der Waals surface area contributed by atoms with E-state index in [1.54, 1.807) is 10.6 Å². The third kappa shape index (κ3) is 3.64. The van der Waals surface area contributed by atoms with Gasteiger partial charge < -0.3 is 10.1 Å². The molecule has 0 amide bonds. The maximum atomic E-state index is 11.9. The normalized spacial score (nSPS) is 20.7. The van der Waals surface area contributed by atoms with Crippen molar-refractivity contribution >= 4 is 0 Å². The Morgan fingerprint density at radius 1 is 1.58 bits per heavy atom. The van der Waals surface area contributed by atoms with E-state index in [4.69, 9.17) is 4.74 Å². The molecule has 0 spiro atoms. The first-order chi connectivity index (χ1) is 9.08. The number of hydrogen-bond acceptors (Lipinski definition) is 4. The van der Waals surface area contributed by atoms with Gasteiger partial charge in [0.2, 0.25) is 0 Å². The van der Waals surface area contributed by atoms with Crippen LogP contribution in [0.2, 0.25) is 0 Å². The van der Waals surface area contributed by atoms with Crippen molar-refractivity contribution in [2.45, 2.75) is 52.3 Å².